The summed E-state index contributed by atoms with van der Waals surface area (Å²) in [6.07, 6.45) is 1.31. The van der Waals surface area contributed by atoms with Gasteiger partial charge in [-0.15, -0.1) is 5.10 Å². The van der Waals surface area contributed by atoms with Crippen LogP contribution in [0.1, 0.15) is 19.8 Å². The molecule has 0 aliphatic heterocycles. The summed E-state index contributed by atoms with van der Waals surface area (Å²) in [4.78, 5) is 37.8. The van der Waals surface area contributed by atoms with E-state index in [1.54, 1.807) is 18.2 Å². The van der Waals surface area contributed by atoms with Crippen LogP contribution in [0.2, 0.25) is 25.7 Å². The van der Waals surface area contributed by atoms with Gasteiger partial charge in [0.2, 0.25) is 0 Å². The van der Waals surface area contributed by atoms with E-state index >= 15 is 0 Å². The number of hydrogen-bond donors (Lipinski definition) is 0. The molecule has 3 atom stereocenters. The molecule has 0 bridgehead atoms. The topological polar surface area (TPSA) is 91.1 Å². The summed E-state index contributed by atoms with van der Waals surface area (Å²) in [6, 6.07) is 7.94. The maximum absolute atomic E-state index is 12.9. The number of hydrogen-bond acceptors (Lipinski definition) is 6. The second kappa shape index (κ2) is 8.57. The highest BCUT2D eigenvalue weighted by atomic mass is 28.3. The maximum Gasteiger partial charge on any atom is 0.310 e. The van der Waals surface area contributed by atoms with Crippen LogP contribution in [0, 0.1) is 17.8 Å². The summed E-state index contributed by atoms with van der Waals surface area (Å²) >= 11 is 0. The van der Waals surface area contributed by atoms with Gasteiger partial charge in [-0.2, -0.15) is 0 Å². The third-order valence-electron chi connectivity index (χ3n) is 5.72. The number of rotatable bonds is 7. The summed E-state index contributed by atoms with van der Waals surface area (Å²) in [7, 11) is -1.32. The van der Waals surface area contributed by atoms with Crippen LogP contribution in [0.4, 0.5) is 0 Å². The molecule has 1 aromatic carbocycles. The molecule has 1 aliphatic rings. The molecule has 7 nitrogen and oxygen atoms in total. The van der Waals surface area contributed by atoms with E-state index in [0.29, 0.717) is 30.4 Å². The molecule has 0 N–H and O–H groups in total. The zero-order valence-electron chi connectivity index (χ0n) is 17.6. The van der Waals surface area contributed by atoms with Gasteiger partial charge >= 0.3 is 5.97 Å². The predicted molar refractivity (Wildman–Crippen MR) is 113 cm³/mol. The monoisotopic (exact) mass is 415 g/mol. The largest absolute Gasteiger partial charge is 0.466 e. The van der Waals surface area contributed by atoms with Crippen LogP contribution in [-0.2, 0) is 20.9 Å². The van der Waals surface area contributed by atoms with Crippen molar-refractivity contribution in [2.75, 3.05) is 6.61 Å². The second-order valence-electron chi connectivity index (χ2n) is 9.15. The van der Waals surface area contributed by atoms with Gasteiger partial charge in [0, 0.05) is 14.0 Å². The van der Waals surface area contributed by atoms with Gasteiger partial charge in [0.15, 0.2) is 0 Å². The lowest BCUT2D eigenvalue weighted by Crippen LogP contribution is -2.35. The zero-order chi connectivity index (χ0) is 21.2. The van der Waals surface area contributed by atoms with Crippen LogP contribution in [-0.4, -0.2) is 41.4 Å². The van der Waals surface area contributed by atoms with E-state index < -0.39 is 14.0 Å². The van der Waals surface area contributed by atoms with Crippen molar-refractivity contribution in [3.8, 4) is 0 Å². The Labute approximate surface area is 171 Å². The minimum atomic E-state index is -1.32. The molecule has 8 heteroatoms. The normalized spacial score (nSPS) is 22.0. The molecule has 1 saturated carbocycles. The van der Waals surface area contributed by atoms with Gasteiger partial charge in [0.25, 0.3) is 5.56 Å². The summed E-state index contributed by atoms with van der Waals surface area (Å²) < 4.78 is 6.89. The number of ether oxygens (including phenoxy) is 1. The molecule has 0 amide bonds. The molecule has 2 aromatic rings. The molecule has 1 fully saturated rings. The highest BCUT2D eigenvalue weighted by molar-refractivity contribution is 6.76. The first-order valence-corrected chi connectivity index (χ1v) is 13.9. The van der Waals surface area contributed by atoms with Crippen molar-refractivity contribution < 1.29 is 14.3 Å². The Morgan fingerprint density at radius 1 is 1.21 bits per heavy atom. The third-order valence-corrected chi connectivity index (χ3v) is 7.42. The molecule has 1 heterocycles. The number of carbonyl (C=O) groups excluding carboxylic acids is 2. The summed E-state index contributed by atoms with van der Waals surface area (Å²) in [5.74, 6) is -1.39. The van der Waals surface area contributed by atoms with E-state index in [9.17, 15) is 14.4 Å². The Balaban J connectivity index is 1.80. The SMILES string of the molecule is CC(=O)C1CCC(Cn2nnc3ccccc3c2=O)C1C(=O)OCC[Si](C)(C)C. The number of ketones is 1. The molecule has 0 saturated heterocycles. The number of benzene rings is 1. The highest BCUT2D eigenvalue weighted by Crippen LogP contribution is 2.39. The number of nitrogens with zero attached hydrogens (tertiary/aromatic N) is 3. The van der Waals surface area contributed by atoms with Crippen molar-refractivity contribution in [3.05, 3.63) is 34.6 Å². The zero-order valence-corrected chi connectivity index (χ0v) is 18.6. The van der Waals surface area contributed by atoms with Gasteiger partial charge < -0.3 is 4.74 Å². The van der Waals surface area contributed by atoms with Crippen molar-refractivity contribution in [1.82, 2.24) is 15.0 Å². The van der Waals surface area contributed by atoms with Gasteiger partial charge in [-0.25, -0.2) is 4.68 Å². The molecule has 3 unspecified atom stereocenters. The number of aromatic nitrogens is 3. The molecule has 1 aliphatic carbocycles. The smallest absolute Gasteiger partial charge is 0.310 e. The van der Waals surface area contributed by atoms with Crippen LogP contribution in [0.5, 0.6) is 0 Å². The molecule has 0 radical (unpaired) electrons. The van der Waals surface area contributed by atoms with E-state index in [1.807, 2.05) is 6.07 Å². The standard InChI is InChI=1S/C21H29N3O4Si/c1-14(25)16-10-9-15(19(16)21(27)28-11-12-29(2,3)4)13-24-20(26)17-7-5-6-8-18(17)22-23-24/h5-8,15-16,19H,9-13H2,1-4H3. The van der Waals surface area contributed by atoms with Crippen molar-refractivity contribution >= 4 is 30.7 Å². The summed E-state index contributed by atoms with van der Waals surface area (Å²) in [5.41, 5.74) is 0.316. The van der Waals surface area contributed by atoms with Gasteiger partial charge in [-0.05, 0) is 43.9 Å². The first kappa shape index (κ1) is 21.4. The quantitative estimate of drug-likeness (QED) is 0.510. The maximum atomic E-state index is 12.9. The van der Waals surface area contributed by atoms with E-state index in [4.69, 9.17) is 4.74 Å². The molecule has 0 spiro atoms. The molecule has 1 aromatic heterocycles. The Morgan fingerprint density at radius 2 is 1.93 bits per heavy atom. The van der Waals surface area contributed by atoms with E-state index in [1.165, 1.54) is 11.6 Å². The lowest BCUT2D eigenvalue weighted by molar-refractivity contribution is -0.153. The Morgan fingerprint density at radius 3 is 2.62 bits per heavy atom. The molecule has 156 valence electrons. The van der Waals surface area contributed by atoms with E-state index in [0.717, 1.165) is 6.04 Å². The van der Waals surface area contributed by atoms with Crippen molar-refractivity contribution in [1.29, 1.82) is 0 Å². The fourth-order valence-electron chi connectivity index (χ4n) is 4.02. The third kappa shape index (κ3) is 4.98. The summed E-state index contributed by atoms with van der Waals surface area (Å²) in [6.45, 7) is 8.84. The first-order chi connectivity index (χ1) is 13.7. The number of esters is 1. The van der Waals surface area contributed by atoms with Crippen LogP contribution >= 0.6 is 0 Å². The molecular formula is C21H29N3O4Si. The predicted octanol–water partition coefficient (Wildman–Crippen LogP) is 2.90. The Bertz CT molecular complexity index is 966. The Hall–Kier alpha value is -2.35. The lowest BCUT2D eigenvalue weighted by Gasteiger charge is -2.23. The fraction of sp³-hybridized carbons (Fsp3) is 0.571. The van der Waals surface area contributed by atoms with Crippen LogP contribution in [0.3, 0.4) is 0 Å². The van der Waals surface area contributed by atoms with Gasteiger partial charge in [-0.1, -0.05) is 37.0 Å². The second-order valence-corrected chi connectivity index (χ2v) is 14.8. The Kier molecular flexibility index (Phi) is 6.31. The highest BCUT2D eigenvalue weighted by Gasteiger charge is 2.44. The summed E-state index contributed by atoms with van der Waals surface area (Å²) in [5, 5.41) is 8.67. The minimum absolute atomic E-state index is 0.00316. The average molecular weight is 416 g/mol. The van der Waals surface area contributed by atoms with E-state index in [-0.39, 0.29) is 35.7 Å². The first-order valence-electron chi connectivity index (χ1n) is 10.2. The van der Waals surface area contributed by atoms with Crippen molar-refractivity contribution in [3.63, 3.8) is 0 Å². The number of fused-ring (bicyclic) bond motifs is 1. The van der Waals surface area contributed by atoms with Gasteiger partial charge in [0.05, 0.1) is 24.5 Å². The van der Waals surface area contributed by atoms with Gasteiger partial charge in [0.1, 0.15) is 11.3 Å². The number of Topliss-reactive ketones (excluding diaryl/α,β-unsaturated/α-hetero) is 1. The minimum Gasteiger partial charge on any atom is -0.466 e. The van der Waals surface area contributed by atoms with Crippen molar-refractivity contribution in [2.24, 2.45) is 17.8 Å². The molecular weight excluding hydrogens is 386 g/mol. The van der Waals surface area contributed by atoms with Crippen LogP contribution < -0.4 is 5.56 Å². The average Bonchev–Trinajstić information content (AvgIpc) is 3.07. The molecule has 29 heavy (non-hydrogen) atoms. The molecule has 3 rings (SSSR count). The lowest BCUT2D eigenvalue weighted by atomic mass is 9.87. The number of carbonyl (C=O) groups is 2. The van der Waals surface area contributed by atoms with Crippen LogP contribution in [0.15, 0.2) is 29.1 Å². The fourth-order valence-corrected chi connectivity index (χ4v) is 4.73. The van der Waals surface area contributed by atoms with E-state index in [2.05, 4.69) is 30.0 Å². The van der Waals surface area contributed by atoms with Crippen LogP contribution in [0.25, 0.3) is 10.9 Å². The van der Waals surface area contributed by atoms with Crippen molar-refractivity contribution in [2.45, 2.75) is 52.0 Å². The van der Waals surface area contributed by atoms with Gasteiger partial charge in [-0.3, -0.25) is 14.4 Å².